The SMILES string of the molecule is Cc1ccc(CN2CCN(C[C@@H]3C[C@H]4C=C[C@H]3C4)CC2)cc1. The number of aryl methyl sites for hydroxylation is 1. The van der Waals surface area contributed by atoms with Crippen LogP contribution in [0.1, 0.15) is 24.0 Å². The van der Waals surface area contributed by atoms with Crippen molar-refractivity contribution in [2.24, 2.45) is 17.8 Å². The minimum absolute atomic E-state index is 0.899. The van der Waals surface area contributed by atoms with E-state index < -0.39 is 0 Å². The summed E-state index contributed by atoms with van der Waals surface area (Å²) in [4.78, 5) is 5.33. The molecule has 4 rings (SSSR count). The zero-order valence-electron chi connectivity index (χ0n) is 13.7. The van der Waals surface area contributed by atoms with Gasteiger partial charge in [0.05, 0.1) is 0 Å². The Bertz CT molecular complexity index is 525. The van der Waals surface area contributed by atoms with E-state index in [0.717, 1.165) is 24.3 Å². The minimum atomic E-state index is 0.899. The summed E-state index contributed by atoms with van der Waals surface area (Å²) < 4.78 is 0. The molecule has 2 bridgehead atoms. The Labute approximate surface area is 134 Å². The summed E-state index contributed by atoms with van der Waals surface area (Å²) in [6, 6.07) is 9.02. The van der Waals surface area contributed by atoms with Gasteiger partial charge in [-0.1, -0.05) is 42.0 Å². The number of benzene rings is 1. The lowest BCUT2D eigenvalue weighted by Gasteiger charge is -2.37. The molecular weight excluding hydrogens is 268 g/mol. The lowest BCUT2D eigenvalue weighted by molar-refractivity contribution is 0.108. The average molecular weight is 296 g/mol. The number of nitrogens with zero attached hydrogens (tertiary/aromatic N) is 2. The highest BCUT2D eigenvalue weighted by atomic mass is 15.3. The molecule has 1 saturated heterocycles. The van der Waals surface area contributed by atoms with E-state index in [1.807, 2.05) is 0 Å². The van der Waals surface area contributed by atoms with Crippen molar-refractivity contribution in [3.05, 3.63) is 47.5 Å². The standard InChI is InChI=1S/C20H28N2/c1-16-2-4-17(5-3-16)14-21-8-10-22(11-9-21)15-20-13-18-6-7-19(20)12-18/h2-7,18-20H,8-15H2,1H3/t18-,19-,20-/m0/s1. The number of allylic oxidation sites excluding steroid dienone is 2. The van der Waals surface area contributed by atoms with Gasteiger partial charge in [-0.25, -0.2) is 0 Å². The highest BCUT2D eigenvalue weighted by Crippen LogP contribution is 2.43. The molecule has 0 radical (unpaired) electrons. The number of hydrogen-bond acceptors (Lipinski definition) is 2. The lowest BCUT2D eigenvalue weighted by atomic mass is 9.93. The molecule has 1 aliphatic heterocycles. The minimum Gasteiger partial charge on any atom is -0.300 e. The molecule has 22 heavy (non-hydrogen) atoms. The fraction of sp³-hybridized carbons (Fsp3) is 0.600. The summed E-state index contributed by atoms with van der Waals surface area (Å²) in [5, 5.41) is 0. The summed E-state index contributed by atoms with van der Waals surface area (Å²) in [7, 11) is 0. The Morgan fingerprint density at radius 2 is 1.64 bits per heavy atom. The molecule has 2 nitrogen and oxygen atoms in total. The van der Waals surface area contributed by atoms with Crippen LogP contribution in [0.3, 0.4) is 0 Å². The molecule has 3 aliphatic rings. The van der Waals surface area contributed by atoms with E-state index in [0.29, 0.717) is 0 Å². The second-order valence-corrected chi connectivity index (χ2v) is 7.60. The first kappa shape index (κ1) is 14.5. The largest absolute Gasteiger partial charge is 0.300 e. The van der Waals surface area contributed by atoms with Crippen molar-refractivity contribution in [3.63, 3.8) is 0 Å². The van der Waals surface area contributed by atoms with E-state index in [9.17, 15) is 0 Å². The van der Waals surface area contributed by atoms with Crippen LogP contribution in [-0.4, -0.2) is 42.5 Å². The molecule has 2 fully saturated rings. The molecule has 0 N–H and O–H groups in total. The molecule has 1 saturated carbocycles. The van der Waals surface area contributed by atoms with Crippen LogP contribution in [0.4, 0.5) is 0 Å². The van der Waals surface area contributed by atoms with Crippen molar-refractivity contribution in [1.82, 2.24) is 9.80 Å². The molecule has 0 amide bonds. The van der Waals surface area contributed by atoms with Gasteiger partial charge in [0.15, 0.2) is 0 Å². The van der Waals surface area contributed by atoms with E-state index in [1.54, 1.807) is 0 Å². The van der Waals surface area contributed by atoms with Gasteiger partial charge in [0.1, 0.15) is 0 Å². The first-order chi connectivity index (χ1) is 10.8. The van der Waals surface area contributed by atoms with Gasteiger partial charge in [-0.2, -0.15) is 0 Å². The van der Waals surface area contributed by atoms with Crippen LogP contribution in [0.25, 0.3) is 0 Å². The fourth-order valence-corrected chi connectivity index (χ4v) is 4.52. The van der Waals surface area contributed by atoms with Gasteiger partial charge in [0.2, 0.25) is 0 Å². The maximum absolute atomic E-state index is 2.71. The Morgan fingerprint density at radius 3 is 2.27 bits per heavy atom. The highest BCUT2D eigenvalue weighted by Gasteiger charge is 2.36. The van der Waals surface area contributed by atoms with E-state index >= 15 is 0 Å². The van der Waals surface area contributed by atoms with Crippen LogP contribution < -0.4 is 0 Å². The van der Waals surface area contributed by atoms with Crippen molar-refractivity contribution in [1.29, 1.82) is 0 Å². The number of rotatable bonds is 4. The Kier molecular flexibility index (Phi) is 4.06. The summed E-state index contributed by atoms with van der Waals surface area (Å²) in [6.45, 7) is 9.57. The van der Waals surface area contributed by atoms with Crippen LogP contribution in [0.5, 0.6) is 0 Å². The van der Waals surface area contributed by atoms with Gasteiger partial charge < -0.3 is 4.90 Å². The zero-order chi connectivity index (χ0) is 14.9. The number of fused-ring (bicyclic) bond motifs is 2. The van der Waals surface area contributed by atoms with Crippen molar-refractivity contribution in [3.8, 4) is 0 Å². The fourth-order valence-electron chi connectivity index (χ4n) is 4.52. The normalized spacial score (nSPS) is 32.0. The van der Waals surface area contributed by atoms with Crippen LogP contribution in [0.15, 0.2) is 36.4 Å². The van der Waals surface area contributed by atoms with Gasteiger partial charge in [-0.15, -0.1) is 0 Å². The summed E-state index contributed by atoms with van der Waals surface area (Å²) >= 11 is 0. The maximum Gasteiger partial charge on any atom is 0.0234 e. The number of hydrogen-bond donors (Lipinski definition) is 0. The lowest BCUT2D eigenvalue weighted by Crippen LogP contribution is -2.47. The average Bonchev–Trinajstić information content (AvgIpc) is 3.14. The molecule has 1 aromatic rings. The third-order valence-corrected chi connectivity index (χ3v) is 5.90. The summed E-state index contributed by atoms with van der Waals surface area (Å²) in [5.41, 5.74) is 2.81. The maximum atomic E-state index is 2.71. The van der Waals surface area contributed by atoms with Crippen molar-refractivity contribution in [2.75, 3.05) is 32.7 Å². The Morgan fingerprint density at radius 1 is 0.909 bits per heavy atom. The van der Waals surface area contributed by atoms with Gasteiger partial charge in [-0.3, -0.25) is 4.90 Å². The van der Waals surface area contributed by atoms with Crippen LogP contribution in [-0.2, 0) is 6.54 Å². The summed E-state index contributed by atoms with van der Waals surface area (Å²) in [6.07, 6.45) is 7.84. The topological polar surface area (TPSA) is 6.48 Å². The smallest absolute Gasteiger partial charge is 0.0234 e. The predicted octanol–water partition coefficient (Wildman–Crippen LogP) is 3.32. The van der Waals surface area contributed by atoms with Crippen molar-refractivity contribution < 1.29 is 0 Å². The molecule has 2 heteroatoms. The second kappa shape index (κ2) is 6.17. The van der Waals surface area contributed by atoms with Crippen molar-refractivity contribution in [2.45, 2.75) is 26.3 Å². The van der Waals surface area contributed by atoms with Gasteiger partial charge in [0, 0.05) is 39.3 Å². The van der Waals surface area contributed by atoms with Crippen LogP contribution in [0.2, 0.25) is 0 Å². The molecule has 1 aromatic carbocycles. The molecule has 1 heterocycles. The van der Waals surface area contributed by atoms with E-state index in [4.69, 9.17) is 0 Å². The third kappa shape index (κ3) is 3.13. The van der Waals surface area contributed by atoms with Crippen LogP contribution >= 0.6 is 0 Å². The zero-order valence-corrected chi connectivity index (χ0v) is 13.7. The van der Waals surface area contributed by atoms with E-state index in [-0.39, 0.29) is 0 Å². The predicted molar refractivity (Wildman–Crippen MR) is 91.7 cm³/mol. The highest BCUT2D eigenvalue weighted by molar-refractivity contribution is 5.21. The summed E-state index contributed by atoms with van der Waals surface area (Å²) in [5.74, 6) is 2.76. The number of piperazine rings is 1. The van der Waals surface area contributed by atoms with Crippen LogP contribution in [0, 0.1) is 24.7 Å². The second-order valence-electron chi connectivity index (χ2n) is 7.60. The molecule has 0 spiro atoms. The first-order valence-electron chi connectivity index (χ1n) is 8.95. The first-order valence-corrected chi connectivity index (χ1v) is 8.95. The quantitative estimate of drug-likeness (QED) is 0.786. The third-order valence-electron chi connectivity index (χ3n) is 5.90. The Hall–Kier alpha value is -1.12. The molecule has 118 valence electrons. The van der Waals surface area contributed by atoms with E-state index in [2.05, 4.69) is 53.1 Å². The molecule has 0 unspecified atom stereocenters. The van der Waals surface area contributed by atoms with Gasteiger partial charge in [-0.05, 0) is 43.1 Å². The van der Waals surface area contributed by atoms with E-state index in [1.165, 1.54) is 56.7 Å². The Balaban J connectivity index is 1.24. The van der Waals surface area contributed by atoms with Gasteiger partial charge in [0.25, 0.3) is 0 Å². The molecule has 2 aliphatic carbocycles. The monoisotopic (exact) mass is 296 g/mol. The molecule has 0 aromatic heterocycles. The molecular formula is C20H28N2. The van der Waals surface area contributed by atoms with Crippen molar-refractivity contribution >= 4 is 0 Å². The van der Waals surface area contributed by atoms with Gasteiger partial charge >= 0.3 is 0 Å². The molecule has 3 atom stereocenters.